The van der Waals surface area contributed by atoms with Crippen molar-refractivity contribution in [1.29, 1.82) is 0 Å². The Morgan fingerprint density at radius 3 is 2.54 bits per heavy atom. The number of halogens is 3. The van der Waals surface area contributed by atoms with Gasteiger partial charge in [0.15, 0.2) is 0 Å². The zero-order chi connectivity index (χ0) is 24.6. The van der Waals surface area contributed by atoms with Gasteiger partial charge in [-0.3, -0.25) is 14.5 Å². The number of benzene rings is 1. The van der Waals surface area contributed by atoms with Crippen molar-refractivity contribution in [3.8, 4) is 0 Å². The summed E-state index contributed by atoms with van der Waals surface area (Å²) in [6.45, 7) is 1.41. The number of thiazole rings is 1. The maximum atomic E-state index is 12.9. The Balaban J connectivity index is 1.13. The van der Waals surface area contributed by atoms with Gasteiger partial charge in [-0.05, 0) is 56.7 Å². The average molecular weight is 507 g/mol. The van der Waals surface area contributed by atoms with E-state index < -0.39 is 17.6 Å². The molecule has 3 aliphatic rings. The maximum absolute atomic E-state index is 12.9. The molecule has 6 nitrogen and oxygen atoms in total. The zero-order valence-corrected chi connectivity index (χ0v) is 20.2. The molecule has 2 saturated heterocycles. The summed E-state index contributed by atoms with van der Waals surface area (Å²) in [7, 11) is 0. The number of alkyl halides is 3. The Kier molecular flexibility index (Phi) is 6.85. The van der Waals surface area contributed by atoms with Gasteiger partial charge in [0.2, 0.25) is 5.91 Å². The molecule has 2 unspecified atom stereocenters. The number of carbonyl (C=O) groups is 2. The monoisotopic (exact) mass is 506 g/mol. The molecule has 2 aromatic rings. The van der Waals surface area contributed by atoms with Gasteiger partial charge in [0.25, 0.3) is 5.91 Å². The van der Waals surface area contributed by atoms with Gasteiger partial charge in [-0.2, -0.15) is 13.2 Å². The van der Waals surface area contributed by atoms with E-state index in [0.29, 0.717) is 24.5 Å². The Bertz CT molecular complexity index is 1050. The normalized spacial score (nSPS) is 27.1. The van der Waals surface area contributed by atoms with Crippen LogP contribution in [0.25, 0.3) is 0 Å². The number of rotatable bonds is 5. The van der Waals surface area contributed by atoms with Crippen molar-refractivity contribution >= 4 is 23.2 Å². The fourth-order valence-corrected chi connectivity index (χ4v) is 6.88. The van der Waals surface area contributed by atoms with Gasteiger partial charge in [-0.25, -0.2) is 4.98 Å². The van der Waals surface area contributed by atoms with Crippen LogP contribution < -0.4 is 5.32 Å². The quantitative estimate of drug-likeness (QED) is 0.657. The van der Waals surface area contributed by atoms with Gasteiger partial charge in [0.1, 0.15) is 0 Å². The first kappa shape index (κ1) is 24.2. The highest BCUT2D eigenvalue weighted by Gasteiger charge is 2.46. The highest BCUT2D eigenvalue weighted by molar-refractivity contribution is 7.09. The van der Waals surface area contributed by atoms with Crippen LogP contribution in [-0.2, 0) is 11.0 Å². The van der Waals surface area contributed by atoms with E-state index in [-0.39, 0.29) is 24.1 Å². The smallest absolute Gasteiger partial charge is 0.343 e. The summed E-state index contributed by atoms with van der Waals surface area (Å²) in [5.41, 5.74) is -0.988. The molecule has 1 N–H and O–H groups in total. The van der Waals surface area contributed by atoms with E-state index >= 15 is 0 Å². The number of hydrogen-bond acceptors (Lipinski definition) is 5. The number of nitrogens with zero attached hydrogens (tertiary/aromatic N) is 3. The lowest BCUT2D eigenvalue weighted by Gasteiger charge is -2.37. The summed E-state index contributed by atoms with van der Waals surface area (Å²) in [4.78, 5) is 34.2. The molecule has 3 heterocycles. The molecule has 0 radical (unpaired) electrons. The zero-order valence-electron chi connectivity index (χ0n) is 19.3. The van der Waals surface area contributed by atoms with Crippen molar-refractivity contribution in [2.24, 2.45) is 0 Å². The number of nitrogens with one attached hydrogen (secondary N) is 1. The highest BCUT2D eigenvalue weighted by Crippen LogP contribution is 2.40. The largest absolute Gasteiger partial charge is 0.416 e. The first-order chi connectivity index (χ1) is 16.8. The molecule has 1 aromatic heterocycles. The van der Waals surface area contributed by atoms with Crippen LogP contribution in [0.1, 0.15) is 65.4 Å². The molecule has 0 bridgehead atoms. The number of amides is 2. The lowest BCUT2D eigenvalue weighted by molar-refractivity contribution is -0.137. The third kappa shape index (κ3) is 5.09. The molecule has 188 valence electrons. The van der Waals surface area contributed by atoms with E-state index in [4.69, 9.17) is 0 Å². The average Bonchev–Trinajstić information content (AvgIpc) is 3.60. The summed E-state index contributed by atoms with van der Waals surface area (Å²) in [5.74, 6) is -0.288. The Labute approximate surface area is 206 Å². The third-order valence-electron chi connectivity index (χ3n) is 7.76. The molecular weight excluding hydrogens is 477 g/mol. The van der Waals surface area contributed by atoms with Crippen LogP contribution in [0.2, 0.25) is 0 Å². The van der Waals surface area contributed by atoms with Crippen molar-refractivity contribution in [2.75, 3.05) is 19.6 Å². The Morgan fingerprint density at radius 2 is 1.83 bits per heavy atom. The van der Waals surface area contributed by atoms with Crippen molar-refractivity contribution in [3.05, 3.63) is 52.0 Å². The second-order valence-electron chi connectivity index (χ2n) is 9.67. The number of fused-ring (bicyclic) bond motifs is 1. The molecule has 0 spiro atoms. The maximum Gasteiger partial charge on any atom is 0.416 e. The molecule has 2 amide bonds. The van der Waals surface area contributed by atoms with E-state index in [1.165, 1.54) is 17.1 Å². The molecule has 2 atom stereocenters. The Hall–Kier alpha value is -2.46. The molecule has 5 rings (SSSR count). The fraction of sp³-hybridized carbons (Fsp3) is 0.560. The summed E-state index contributed by atoms with van der Waals surface area (Å²) < 4.78 is 38.8. The minimum Gasteiger partial charge on any atom is -0.343 e. The lowest BCUT2D eigenvalue weighted by atomic mass is 9.85. The second-order valence-corrected chi connectivity index (χ2v) is 10.6. The highest BCUT2D eigenvalue weighted by atomic mass is 32.1. The van der Waals surface area contributed by atoms with Gasteiger partial charge < -0.3 is 10.2 Å². The van der Waals surface area contributed by atoms with Crippen molar-refractivity contribution in [1.82, 2.24) is 20.1 Å². The SMILES string of the molecule is O=C(NCC(=O)N1CCC2C1CCN2[C@H]1CC[C@H](c2nccs2)CC1)c1cccc(C(F)(F)F)c1. The van der Waals surface area contributed by atoms with E-state index in [0.717, 1.165) is 57.2 Å². The minimum atomic E-state index is -4.52. The van der Waals surface area contributed by atoms with E-state index in [1.54, 1.807) is 11.3 Å². The van der Waals surface area contributed by atoms with Crippen molar-refractivity contribution in [3.63, 3.8) is 0 Å². The van der Waals surface area contributed by atoms with Gasteiger partial charge in [-0.1, -0.05) is 6.07 Å². The summed E-state index contributed by atoms with van der Waals surface area (Å²) in [6.07, 6.45) is 3.79. The van der Waals surface area contributed by atoms with Crippen molar-refractivity contribution in [2.45, 2.75) is 68.7 Å². The van der Waals surface area contributed by atoms with Crippen LogP contribution in [0, 0.1) is 0 Å². The molecular formula is C25H29F3N4O2S. The van der Waals surface area contributed by atoms with Crippen LogP contribution in [-0.4, -0.2) is 64.4 Å². The first-order valence-electron chi connectivity index (χ1n) is 12.2. The molecule has 1 aromatic carbocycles. The molecule has 3 fully saturated rings. The van der Waals surface area contributed by atoms with Crippen LogP contribution in [0.15, 0.2) is 35.8 Å². The molecule has 10 heteroatoms. The second kappa shape index (κ2) is 9.89. The lowest BCUT2D eigenvalue weighted by Crippen LogP contribution is -2.46. The van der Waals surface area contributed by atoms with Gasteiger partial charge in [-0.15, -0.1) is 11.3 Å². The van der Waals surface area contributed by atoms with E-state index in [2.05, 4.69) is 15.2 Å². The van der Waals surface area contributed by atoms with Crippen LogP contribution in [0.3, 0.4) is 0 Å². The topological polar surface area (TPSA) is 65.5 Å². The minimum absolute atomic E-state index is 0.104. The van der Waals surface area contributed by atoms with Gasteiger partial charge >= 0.3 is 6.18 Å². The standard InChI is InChI=1S/C25H29F3N4O2S/c26-25(27,28)18-3-1-2-17(14-18)23(34)30-15-22(33)32-12-9-20-21(32)8-11-31(20)19-6-4-16(5-7-19)24-29-10-13-35-24/h1-3,10,13-14,16,19-21H,4-9,11-12,15H2,(H,30,34)/t16-,19-,20?,21?. The van der Waals surface area contributed by atoms with Gasteiger partial charge in [0, 0.05) is 54.3 Å². The molecule has 2 aliphatic heterocycles. The first-order valence-corrected chi connectivity index (χ1v) is 13.1. The third-order valence-corrected chi connectivity index (χ3v) is 8.70. The summed E-state index contributed by atoms with van der Waals surface area (Å²) in [6, 6.07) is 5.27. The number of likely N-dealkylation sites (tertiary alicyclic amines) is 2. The van der Waals surface area contributed by atoms with E-state index in [9.17, 15) is 22.8 Å². The van der Waals surface area contributed by atoms with Crippen LogP contribution in [0.5, 0.6) is 0 Å². The fourth-order valence-electron chi connectivity index (χ4n) is 6.07. The predicted molar refractivity (Wildman–Crippen MR) is 126 cm³/mol. The molecule has 1 saturated carbocycles. The molecule has 1 aliphatic carbocycles. The van der Waals surface area contributed by atoms with E-state index in [1.807, 2.05) is 16.5 Å². The summed E-state index contributed by atoms with van der Waals surface area (Å²) in [5, 5.41) is 5.79. The van der Waals surface area contributed by atoms with Crippen LogP contribution >= 0.6 is 11.3 Å². The van der Waals surface area contributed by atoms with Gasteiger partial charge in [0.05, 0.1) is 17.1 Å². The number of carbonyl (C=O) groups excluding carboxylic acids is 2. The van der Waals surface area contributed by atoms with Crippen LogP contribution in [0.4, 0.5) is 13.2 Å². The molecule has 35 heavy (non-hydrogen) atoms. The number of aromatic nitrogens is 1. The van der Waals surface area contributed by atoms with Crippen molar-refractivity contribution < 1.29 is 22.8 Å². The number of hydrogen-bond donors (Lipinski definition) is 1. The summed E-state index contributed by atoms with van der Waals surface area (Å²) >= 11 is 1.74. The Morgan fingerprint density at radius 1 is 1.06 bits per heavy atom. The predicted octanol–water partition coefficient (Wildman–Crippen LogP) is 4.29.